The molecule has 1 aromatic rings. The number of benzene rings is 1. The molecule has 0 saturated carbocycles. The fourth-order valence-electron chi connectivity index (χ4n) is 2.14. The van der Waals surface area contributed by atoms with Gasteiger partial charge in [0.25, 0.3) is 0 Å². The fraction of sp³-hybridized carbons (Fsp3) is 0.562. The van der Waals surface area contributed by atoms with Crippen molar-refractivity contribution in [3.63, 3.8) is 0 Å². The van der Waals surface area contributed by atoms with E-state index in [1.807, 2.05) is 19.1 Å². The molecule has 1 aromatic carbocycles. The smallest absolute Gasteiger partial charge is 0.238 e. The molecule has 0 saturated heterocycles. The molecule has 2 atom stereocenters. The number of nitrogens with zero attached hydrogens (tertiary/aromatic N) is 1. The van der Waals surface area contributed by atoms with Crippen LogP contribution < -0.4 is 10.1 Å². The van der Waals surface area contributed by atoms with Crippen LogP contribution in [0.25, 0.3) is 0 Å². The Bertz CT molecular complexity index is 415. The van der Waals surface area contributed by atoms with Crippen LogP contribution in [0.5, 0.6) is 5.75 Å². The predicted molar refractivity (Wildman–Crippen MR) is 82.1 cm³/mol. The van der Waals surface area contributed by atoms with E-state index in [1.165, 1.54) is 5.56 Å². The molecular formula is C16H26N2O2. The van der Waals surface area contributed by atoms with Crippen molar-refractivity contribution in [1.82, 2.24) is 10.2 Å². The normalized spacial score (nSPS) is 13.7. The number of amides is 1. The maximum atomic E-state index is 11.8. The predicted octanol–water partition coefficient (Wildman–Crippen LogP) is 2.08. The molecule has 0 aliphatic heterocycles. The van der Waals surface area contributed by atoms with Gasteiger partial charge < -0.3 is 15.0 Å². The van der Waals surface area contributed by atoms with Crippen molar-refractivity contribution in [2.24, 2.45) is 0 Å². The fourth-order valence-corrected chi connectivity index (χ4v) is 2.14. The van der Waals surface area contributed by atoms with Crippen molar-refractivity contribution in [3.8, 4) is 5.75 Å². The van der Waals surface area contributed by atoms with Gasteiger partial charge in [0.15, 0.2) is 0 Å². The zero-order valence-corrected chi connectivity index (χ0v) is 13.1. The first-order chi connectivity index (χ1) is 9.43. The lowest BCUT2D eigenvalue weighted by Crippen LogP contribution is -2.45. The minimum atomic E-state index is -0.143. The first-order valence-electron chi connectivity index (χ1n) is 7.04. The van der Waals surface area contributed by atoms with Crippen LogP contribution in [0.1, 0.15) is 25.8 Å². The van der Waals surface area contributed by atoms with Crippen molar-refractivity contribution in [2.75, 3.05) is 21.2 Å². The first kappa shape index (κ1) is 16.5. The zero-order chi connectivity index (χ0) is 15.1. The van der Waals surface area contributed by atoms with Crippen LogP contribution in [0.3, 0.4) is 0 Å². The van der Waals surface area contributed by atoms with Crippen LogP contribution in [-0.4, -0.2) is 44.1 Å². The molecule has 0 aliphatic carbocycles. The number of ether oxygens (including phenoxy) is 1. The summed E-state index contributed by atoms with van der Waals surface area (Å²) in [5.74, 6) is 0.992. The Kier molecular flexibility index (Phi) is 6.52. The minimum Gasteiger partial charge on any atom is -0.497 e. The number of hydrogen-bond donors (Lipinski definition) is 1. The van der Waals surface area contributed by atoms with Crippen LogP contribution in [0.2, 0.25) is 0 Å². The maximum Gasteiger partial charge on any atom is 0.238 e. The van der Waals surface area contributed by atoms with Gasteiger partial charge in [-0.05, 0) is 44.4 Å². The van der Waals surface area contributed by atoms with Gasteiger partial charge in [-0.25, -0.2) is 0 Å². The van der Waals surface area contributed by atoms with Gasteiger partial charge >= 0.3 is 0 Å². The molecule has 0 radical (unpaired) electrons. The van der Waals surface area contributed by atoms with Crippen LogP contribution in [0.15, 0.2) is 24.3 Å². The maximum absolute atomic E-state index is 11.8. The summed E-state index contributed by atoms with van der Waals surface area (Å²) in [4.78, 5) is 13.4. The molecule has 1 amide bonds. The second-order valence-corrected chi connectivity index (χ2v) is 5.41. The summed E-state index contributed by atoms with van der Waals surface area (Å²) in [5, 5.41) is 3.34. The Hall–Kier alpha value is -1.55. The summed E-state index contributed by atoms with van der Waals surface area (Å²) in [6.45, 7) is 4.02. The van der Waals surface area contributed by atoms with Gasteiger partial charge in [0.1, 0.15) is 5.75 Å². The molecular weight excluding hydrogens is 252 g/mol. The summed E-state index contributed by atoms with van der Waals surface area (Å²) < 4.78 is 5.14. The number of carbonyl (C=O) groups is 1. The number of rotatable bonds is 7. The molecule has 1 rings (SSSR count). The Balaban J connectivity index is 2.38. The summed E-state index contributed by atoms with van der Waals surface area (Å²) >= 11 is 0. The van der Waals surface area contributed by atoms with E-state index in [-0.39, 0.29) is 11.9 Å². The van der Waals surface area contributed by atoms with Gasteiger partial charge in [-0.3, -0.25) is 4.79 Å². The highest BCUT2D eigenvalue weighted by Gasteiger charge is 2.16. The van der Waals surface area contributed by atoms with Crippen molar-refractivity contribution >= 4 is 5.91 Å². The van der Waals surface area contributed by atoms with Crippen LogP contribution in [-0.2, 0) is 11.2 Å². The molecule has 4 nitrogen and oxygen atoms in total. The van der Waals surface area contributed by atoms with Crippen LogP contribution in [0, 0.1) is 0 Å². The number of likely N-dealkylation sites (N-methyl/N-ethyl adjacent to an activating group) is 1. The average Bonchev–Trinajstić information content (AvgIpc) is 2.44. The van der Waals surface area contributed by atoms with Gasteiger partial charge in [0, 0.05) is 20.1 Å². The molecule has 0 aliphatic rings. The van der Waals surface area contributed by atoms with E-state index in [2.05, 4.69) is 24.4 Å². The number of aryl methyl sites for hydroxylation is 1. The highest BCUT2D eigenvalue weighted by atomic mass is 16.5. The minimum absolute atomic E-state index is 0.112. The lowest BCUT2D eigenvalue weighted by molar-refractivity contribution is -0.130. The standard InChI is InChI=1S/C16H26N2O2/c1-12(17-13(2)16(19)18(3)4)6-7-14-8-10-15(20-5)11-9-14/h8-13,17H,6-7H2,1-5H3. The van der Waals surface area contributed by atoms with Gasteiger partial charge in [0.05, 0.1) is 13.2 Å². The summed E-state index contributed by atoms with van der Waals surface area (Å²) in [5.41, 5.74) is 1.28. The SMILES string of the molecule is COc1ccc(CCC(C)NC(C)C(=O)N(C)C)cc1. The molecule has 0 spiro atoms. The number of methoxy groups -OCH3 is 1. The average molecular weight is 278 g/mol. The van der Waals surface area contributed by atoms with E-state index in [9.17, 15) is 4.79 Å². The van der Waals surface area contributed by atoms with E-state index >= 15 is 0 Å². The molecule has 0 fully saturated rings. The third kappa shape index (κ3) is 5.21. The topological polar surface area (TPSA) is 41.6 Å². The Labute approximate surface area is 122 Å². The van der Waals surface area contributed by atoms with E-state index in [4.69, 9.17) is 4.74 Å². The Morgan fingerprint density at radius 1 is 1.25 bits per heavy atom. The quantitative estimate of drug-likeness (QED) is 0.830. The van der Waals surface area contributed by atoms with Gasteiger partial charge in [-0.15, -0.1) is 0 Å². The highest BCUT2D eigenvalue weighted by Crippen LogP contribution is 2.13. The van der Waals surface area contributed by atoms with Crippen LogP contribution >= 0.6 is 0 Å². The molecule has 0 bridgehead atoms. The van der Waals surface area contributed by atoms with Gasteiger partial charge in [-0.1, -0.05) is 12.1 Å². The summed E-state index contributed by atoms with van der Waals surface area (Å²) in [7, 11) is 5.23. The van der Waals surface area contributed by atoms with E-state index in [0.29, 0.717) is 6.04 Å². The second-order valence-electron chi connectivity index (χ2n) is 5.41. The van der Waals surface area contributed by atoms with Crippen molar-refractivity contribution in [2.45, 2.75) is 38.8 Å². The summed E-state index contributed by atoms with van der Waals surface area (Å²) in [6, 6.07) is 8.28. The van der Waals surface area contributed by atoms with E-state index in [0.717, 1.165) is 18.6 Å². The molecule has 0 aromatic heterocycles. The lowest BCUT2D eigenvalue weighted by atomic mass is 10.1. The number of nitrogens with one attached hydrogen (secondary N) is 1. The zero-order valence-electron chi connectivity index (χ0n) is 13.1. The third-order valence-corrected chi connectivity index (χ3v) is 3.37. The summed E-state index contributed by atoms with van der Waals surface area (Å²) in [6.07, 6.45) is 1.98. The van der Waals surface area contributed by atoms with Crippen molar-refractivity contribution in [1.29, 1.82) is 0 Å². The van der Waals surface area contributed by atoms with Crippen molar-refractivity contribution < 1.29 is 9.53 Å². The van der Waals surface area contributed by atoms with Gasteiger partial charge in [-0.2, -0.15) is 0 Å². The Morgan fingerprint density at radius 3 is 2.35 bits per heavy atom. The second kappa shape index (κ2) is 7.90. The van der Waals surface area contributed by atoms with E-state index in [1.54, 1.807) is 26.1 Å². The van der Waals surface area contributed by atoms with Gasteiger partial charge in [0.2, 0.25) is 5.91 Å². The molecule has 1 N–H and O–H groups in total. The van der Waals surface area contributed by atoms with Crippen LogP contribution in [0.4, 0.5) is 0 Å². The largest absolute Gasteiger partial charge is 0.497 e. The monoisotopic (exact) mass is 278 g/mol. The molecule has 112 valence electrons. The molecule has 4 heteroatoms. The number of carbonyl (C=O) groups excluding carboxylic acids is 1. The van der Waals surface area contributed by atoms with E-state index < -0.39 is 0 Å². The highest BCUT2D eigenvalue weighted by molar-refractivity contribution is 5.80. The first-order valence-corrected chi connectivity index (χ1v) is 7.04. The van der Waals surface area contributed by atoms with Crippen molar-refractivity contribution in [3.05, 3.63) is 29.8 Å². The Morgan fingerprint density at radius 2 is 1.85 bits per heavy atom. The lowest BCUT2D eigenvalue weighted by Gasteiger charge is -2.22. The third-order valence-electron chi connectivity index (χ3n) is 3.37. The molecule has 2 unspecified atom stereocenters. The molecule has 20 heavy (non-hydrogen) atoms. The molecule has 0 heterocycles. The number of hydrogen-bond acceptors (Lipinski definition) is 3.